The second-order valence-electron chi connectivity index (χ2n) is 4.40. The van der Waals surface area contributed by atoms with Gasteiger partial charge in [0.05, 0.1) is 6.04 Å². The van der Waals surface area contributed by atoms with Gasteiger partial charge in [0.2, 0.25) is 5.91 Å². The van der Waals surface area contributed by atoms with Gasteiger partial charge in [-0.2, -0.15) is 0 Å². The smallest absolute Gasteiger partial charge is 0.239 e. The van der Waals surface area contributed by atoms with Gasteiger partial charge in [-0.05, 0) is 18.1 Å². The fourth-order valence-electron chi connectivity index (χ4n) is 1.96. The molecule has 0 bridgehead atoms. The minimum Gasteiger partial charge on any atom is -0.361 e. The predicted molar refractivity (Wildman–Crippen MR) is 80.0 cm³/mol. The van der Waals surface area contributed by atoms with Crippen molar-refractivity contribution in [2.24, 2.45) is 5.73 Å². The number of aromatic amines is 1. The summed E-state index contributed by atoms with van der Waals surface area (Å²) in [6, 6.07) is 7.53. The topological polar surface area (TPSA) is 62.1 Å². The number of para-hydroxylation sites is 1. The number of carbonyl (C=O) groups excluding carboxylic acids is 1. The van der Waals surface area contributed by atoms with E-state index >= 15 is 0 Å². The van der Waals surface area contributed by atoms with E-state index in [9.17, 15) is 4.79 Å². The van der Waals surface area contributed by atoms with Gasteiger partial charge in [0.25, 0.3) is 0 Å². The molecule has 4 nitrogen and oxygen atoms in total. The van der Waals surface area contributed by atoms with Crippen molar-refractivity contribution in [1.29, 1.82) is 0 Å². The van der Waals surface area contributed by atoms with Crippen LogP contribution in [0, 0.1) is 0 Å². The molecule has 2 rings (SSSR count). The largest absolute Gasteiger partial charge is 0.361 e. The number of H-pyrrole nitrogens is 1. The van der Waals surface area contributed by atoms with E-state index in [-0.39, 0.29) is 5.91 Å². The third-order valence-corrected chi connectivity index (χ3v) is 2.87. The molecule has 1 aromatic carbocycles. The highest BCUT2D eigenvalue weighted by molar-refractivity contribution is 5.85. The molecule has 0 saturated heterocycles. The number of likely N-dealkylation sites (N-methyl/N-ethyl adjacent to an activating group) is 1. The maximum atomic E-state index is 11.7. The van der Waals surface area contributed by atoms with E-state index < -0.39 is 6.04 Å². The molecule has 1 atom stereocenters. The average Bonchev–Trinajstić information content (AvgIpc) is 2.83. The lowest BCUT2D eigenvalue weighted by atomic mass is 10.0. The molecule has 19 heavy (non-hydrogen) atoms. The van der Waals surface area contributed by atoms with Gasteiger partial charge in [-0.1, -0.05) is 32.0 Å². The van der Waals surface area contributed by atoms with Crippen molar-refractivity contribution in [3.05, 3.63) is 36.0 Å². The number of benzene rings is 1. The van der Waals surface area contributed by atoms with E-state index in [1.54, 1.807) is 14.1 Å². The van der Waals surface area contributed by atoms with E-state index in [4.69, 9.17) is 5.73 Å². The maximum Gasteiger partial charge on any atom is 0.239 e. The van der Waals surface area contributed by atoms with E-state index in [2.05, 4.69) is 4.98 Å². The quantitative estimate of drug-likeness (QED) is 0.889. The van der Waals surface area contributed by atoms with Gasteiger partial charge in [-0.15, -0.1) is 0 Å². The zero-order valence-electron chi connectivity index (χ0n) is 12.1. The molecule has 4 heteroatoms. The number of nitrogens with two attached hydrogens (primary N) is 1. The fourth-order valence-corrected chi connectivity index (χ4v) is 1.96. The summed E-state index contributed by atoms with van der Waals surface area (Å²) in [5.41, 5.74) is 8.06. The lowest BCUT2D eigenvalue weighted by molar-refractivity contribution is -0.130. The van der Waals surface area contributed by atoms with Gasteiger partial charge >= 0.3 is 0 Å². The fraction of sp³-hybridized carbons (Fsp3) is 0.400. The van der Waals surface area contributed by atoms with Gasteiger partial charge in [0.15, 0.2) is 0 Å². The number of hydrogen-bond acceptors (Lipinski definition) is 2. The van der Waals surface area contributed by atoms with E-state index in [1.807, 2.05) is 44.3 Å². The molecular formula is C15H23N3O. The first-order valence-corrected chi connectivity index (χ1v) is 6.61. The molecule has 1 unspecified atom stereocenters. The third kappa shape index (κ3) is 3.58. The molecule has 1 heterocycles. The molecule has 0 saturated carbocycles. The van der Waals surface area contributed by atoms with Crippen molar-refractivity contribution in [3.63, 3.8) is 0 Å². The molecule has 0 aliphatic carbocycles. The molecule has 104 valence electrons. The van der Waals surface area contributed by atoms with Gasteiger partial charge < -0.3 is 15.6 Å². The van der Waals surface area contributed by atoms with Gasteiger partial charge in [-0.3, -0.25) is 4.79 Å². The summed E-state index contributed by atoms with van der Waals surface area (Å²) >= 11 is 0. The minimum atomic E-state index is -0.482. The van der Waals surface area contributed by atoms with Crippen molar-refractivity contribution < 1.29 is 4.79 Å². The third-order valence-electron chi connectivity index (χ3n) is 2.87. The normalized spacial score (nSPS) is 11.6. The number of carbonyl (C=O) groups is 1. The maximum absolute atomic E-state index is 11.7. The second kappa shape index (κ2) is 6.95. The summed E-state index contributed by atoms with van der Waals surface area (Å²) in [5, 5.41) is 1.13. The zero-order chi connectivity index (χ0) is 14.4. The van der Waals surface area contributed by atoms with Crippen molar-refractivity contribution in [2.45, 2.75) is 26.3 Å². The van der Waals surface area contributed by atoms with E-state index in [1.165, 1.54) is 4.90 Å². The molecule has 0 spiro atoms. The molecule has 0 aliphatic rings. The number of nitrogens with zero attached hydrogens (tertiary/aromatic N) is 1. The van der Waals surface area contributed by atoms with Crippen LogP contribution >= 0.6 is 0 Å². The summed E-state index contributed by atoms with van der Waals surface area (Å²) in [7, 11) is 3.44. The van der Waals surface area contributed by atoms with Crippen LogP contribution in [0.2, 0.25) is 0 Å². The highest BCUT2D eigenvalue weighted by atomic mass is 16.2. The number of aromatic nitrogens is 1. The first kappa shape index (κ1) is 15.2. The predicted octanol–water partition coefficient (Wildman–Crippen LogP) is 2.15. The SMILES string of the molecule is CC.CN(C)C(=O)C(N)Cc1c[nH]c2ccccc12. The Morgan fingerprint density at radius 2 is 1.95 bits per heavy atom. The summed E-state index contributed by atoms with van der Waals surface area (Å²) in [6.07, 6.45) is 2.48. The average molecular weight is 261 g/mol. The van der Waals surface area contributed by atoms with E-state index in [0.29, 0.717) is 6.42 Å². The standard InChI is InChI=1S/C13H17N3O.C2H6/c1-16(2)13(17)11(14)7-9-8-15-12-6-4-3-5-10(9)12;1-2/h3-6,8,11,15H,7,14H2,1-2H3;1-2H3. The lowest BCUT2D eigenvalue weighted by Gasteiger charge is -2.16. The highest BCUT2D eigenvalue weighted by Crippen LogP contribution is 2.18. The number of amides is 1. The molecule has 1 amide bonds. The first-order valence-electron chi connectivity index (χ1n) is 6.61. The summed E-state index contributed by atoms with van der Waals surface area (Å²) in [5.74, 6) is -0.0460. The van der Waals surface area contributed by atoms with Crippen LogP contribution in [0.15, 0.2) is 30.5 Å². The van der Waals surface area contributed by atoms with Crippen LogP contribution in [-0.2, 0) is 11.2 Å². The number of rotatable bonds is 3. The number of hydrogen-bond donors (Lipinski definition) is 2. The van der Waals surface area contributed by atoms with Crippen LogP contribution in [0.3, 0.4) is 0 Å². The van der Waals surface area contributed by atoms with Crippen LogP contribution in [0.1, 0.15) is 19.4 Å². The molecule has 0 aliphatic heterocycles. The summed E-state index contributed by atoms with van der Waals surface area (Å²) in [4.78, 5) is 16.4. The Morgan fingerprint density at radius 1 is 1.32 bits per heavy atom. The molecule has 0 fully saturated rings. The van der Waals surface area contributed by atoms with Crippen molar-refractivity contribution in [3.8, 4) is 0 Å². The van der Waals surface area contributed by atoms with Crippen LogP contribution < -0.4 is 5.73 Å². The first-order chi connectivity index (χ1) is 9.09. The van der Waals surface area contributed by atoms with Crippen molar-refractivity contribution in [1.82, 2.24) is 9.88 Å². The van der Waals surface area contributed by atoms with Crippen LogP contribution in [-0.4, -0.2) is 35.9 Å². The Hall–Kier alpha value is -1.81. The molecule has 3 N–H and O–H groups in total. The van der Waals surface area contributed by atoms with Crippen LogP contribution in [0.4, 0.5) is 0 Å². The minimum absolute atomic E-state index is 0.0460. The monoisotopic (exact) mass is 261 g/mol. The second-order valence-corrected chi connectivity index (χ2v) is 4.40. The molecule has 2 aromatic rings. The molecule has 1 aromatic heterocycles. The Kier molecular flexibility index (Phi) is 5.57. The van der Waals surface area contributed by atoms with Gasteiger partial charge in [0, 0.05) is 31.2 Å². The summed E-state index contributed by atoms with van der Waals surface area (Å²) < 4.78 is 0. The Morgan fingerprint density at radius 3 is 2.58 bits per heavy atom. The Balaban J connectivity index is 0.000000861. The number of fused-ring (bicyclic) bond motifs is 1. The Bertz CT molecular complexity index is 531. The van der Waals surface area contributed by atoms with Gasteiger partial charge in [-0.25, -0.2) is 0 Å². The number of nitrogens with one attached hydrogen (secondary N) is 1. The highest BCUT2D eigenvalue weighted by Gasteiger charge is 2.17. The van der Waals surface area contributed by atoms with Crippen molar-refractivity contribution in [2.75, 3.05) is 14.1 Å². The molecular weight excluding hydrogens is 238 g/mol. The van der Waals surface area contributed by atoms with Crippen LogP contribution in [0.5, 0.6) is 0 Å². The summed E-state index contributed by atoms with van der Waals surface area (Å²) in [6.45, 7) is 4.00. The zero-order valence-corrected chi connectivity index (χ0v) is 12.1. The lowest BCUT2D eigenvalue weighted by Crippen LogP contribution is -2.41. The van der Waals surface area contributed by atoms with Gasteiger partial charge in [0.1, 0.15) is 0 Å². The Labute approximate surface area is 114 Å². The van der Waals surface area contributed by atoms with E-state index in [0.717, 1.165) is 16.5 Å². The molecule has 0 radical (unpaired) electrons. The van der Waals surface area contributed by atoms with Crippen molar-refractivity contribution >= 4 is 16.8 Å². The van der Waals surface area contributed by atoms with Crippen LogP contribution in [0.25, 0.3) is 10.9 Å².